The van der Waals surface area contributed by atoms with Crippen LogP contribution in [0.5, 0.6) is 17.2 Å². The van der Waals surface area contributed by atoms with Crippen LogP contribution >= 0.6 is 0 Å². The first-order chi connectivity index (χ1) is 37.5. The molecule has 5 heterocycles. The third kappa shape index (κ3) is 12.2. The van der Waals surface area contributed by atoms with Gasteiger partial charge in [-0.1, -0.05) is 69.2 Å². The van der Waals surface area contributed by atoms with E-state index in [0.29, 0.717) is 104 Å². The maximum Gasteiger partial charge on any atom is 0.260 e. The molecule has 6 amide bonds. The van der Waals surface area contributed by atoms with E-state index < -0.39 is 12.0 Å². The number of anilines is 1. The summed E-state index contributed by atoms with van der Waals surface area (Å²) >= 11 is 0. The van der Waals surface area contributed by atoms with Gasteiger partial charge in [-0.15, -0.1) is 0 Å². The number of amides is 6. The van der Waals surface area contributed by atoms with Gasteiger partial charge in [-0.05, 0) is 84.7 Å². The van der Waals surface area contributed by atoms with E-state index in [1.807, 2.05) is 63.7 Å². The molecule has 0 aromatic heterocycles. The van der Waals surface area contributed by atoms with E-state index in [-0.39, 0.29) is 72.1 Å². The molecule has 0 aliphatic carbocycles. The number of carbonyl (C=O) groups excluding carboxylic acids is 7. The molecular weight excluding hydrogens is 991 g/mol. The number of rotatable bonds is 22. The van der Waals surface area contributed by atoms with Crippen molar-refractivity contribution in [1.29, 1.82) is 0 Å². The van der Waals surface area contributed by atoms with Crippen LogP contribution in [0.4, 0.5) is 17.1 Å². The van der Waals surface area contributed by atoms with Crippen LogP contribution in [-0.2, 0) is 24.0 Å². The molecule has 0 bridgehead atoms. The van der Waals surface area contributed by atoms with Gasteiger partial charge in [-0.25, -0.2) is 0 Å². The zero-order valence-corrected chi connectivity index (χ0v) is 44.9. The molecule has 2 N–H and O–H groups in total. The standard InChI is InChI=1S/C61H65N7O10/c1-36(2)58(65-55(70)11-8-7-9-22-66-56(71)20-21-57(66)72)51(69)26-39(5)59(73)64-44-18-16-41(17-19-44)43-28-46-33-63-50-31-54(53(76-6)29-48(50)61(75)68(46)35-43)78-24-10-23-77-52-30-49-47(25-38(52)4)60(74)67-34-42(27-45(67)32-62-49)40-14-12-37(3)13-15-40/h12-21,25,29-36,39,45-46,58H,7-11,22-24,26-28H2,1-6H3,(H,64,73)(H,65,70)/t39-,45+,46+,58+/m1/s1. The second-order valence-corrected chi connectivity index (χ2v) is 20.8. The van der Waals surface area contributed by atoms with Gasteiger partial charge in [0.05, 0.1) is 61.0 Å². The summed E-state index contributed by atoms with van der Waals surface area (Å²) in [7, 11) is 1.52. The molecule has 4 aromatic carbocycles. The van der Waals surface area contributed by atoms with Crippen LogP contribution < -0.4 is 24.8 Å². The number of fused-ring (bicyclic) bond motifs is 4. The molecule has 0 spiro atoms. The van der Waals surface area contributed by atoms with Gasteiger partial charge in [0.1, 0.15) is 5.75 Å². The summed E-state index contributed by atoms with van der Waals surface area (Å²) in [5.74, 6) is -1.23. The first kappa shape index (κ1) is 54.3. The van der Waals surface area contributed by atoms with Crippen molar-refractivity contribution in [3.8, 4) is 17.2 Å². The number of methoxy groups -OCH3 is 1. The van der Waals surface area contributed by atoms with Crippen LogP contribution in [-0.4, -0.2) is 113 Å². The Bertz CT molecular complexity index is 3170. The molecule has 0 radical (unpaired) electrons. The lowest BCUT2D eigenvalue weighted by Crippen LogP contribution is -2.45. The van der Waals surface area contributed by atoms with E-state index in [0.717, 1.165) is 27.8 Å². The van der Waals surface area contributed by atoms with E-state index in [1.54, 1.807) is 47.2 Å². The van der Waals surface area contributed by atoms with Crippen molar-refractivity contribution in [1.82, 2.24) is 20.0 Å². The molecule has 5 aliphatic rings. The Morgan fingerprint density at radius 3 is 1.83 bits per heavy atom. The highest BCUT2D eigenvalue weighted by Crippen LogP contribution is 2.41. The Kier molecular flexibility index (Phi) is 16.6. The molecule has 17 nitrogen and oxygen atoms in total. The Labute approximate surface area is 454 Å². The summed E-state index contributed by atoms with van der Waals surface area (Å²) in [5, 5.41) is 5.75. The average Bonchev–Trinajstić information content (AvgIpc) is 4.24. The summed E-state index contributed by atoms with van der Waals surface area (Å²) < 4.78 is 18.1. The summed E-state index contributed by atoms with van der Waals surface area (Å²) in [6, 6.07) is 21.4. The van der Waals surface area contributed by atoms with Gasteiger partial charge in [-0.2, -0.15) is 0 Å². The maximum atomic E-state index is 14.1. The smallest absolute Gasteiger partial charge is 0.260 e. The Morgan fingerprint density at radius 2 is 1.24 bits per heavy atom. The van der Waals surface area contributed by atoms with Crippen molar-refractivity contribution < 1.29 is 47.8 Å². The fourth-order valence-electron chi connectivity index (χ4n) is 10.1. The number of hydrogen-bond acceptors (Lipinski definition) is 12. The number of benzene rings is 4. The largest absolute Gasteiger partial charge is 0.493 e. The number of hydrogen-bond donors (Lipinski definition) is 2. The molecule has 5 aliphatic heterocycles. The van der Waals surface area contributed by atoms with Gasteiger partial charge in [-0.3, -0.25) is 48.4 Å². The van der Waals surface area contributed by atoms with Crippen LogP contribution in [0, 0.1) is 25.7 Å². The number of ketones is 1. The van der Waals surface area contributed by atoms with Crippen LogP contribution in [0.15, 0.2) is 107 Å². The predicted molar refractivity (Wildman–Crippen MR) is 297 cm³/mol. The van der Waals surface area contributed by atoms with Crippen LogP contribution in [0.1, 0.15) is 115 Å². The van der Waals surface area contributed by atoms with Crippen LogP contribution in [0.3, 0.4) is 0 Å². The molecular formula is C61H65N7O10. The lowest BCUT2D eigenvalue weighted by Gasteiger charge is -2.23. The lowest BCUT2D eigenvalue weighted by atomic mass is 9.92. The van der Waals surface area contributed by atoms with Gasteiger partial charge in [0.25, 0.3) is 23.6 Å². The third-order valence-corrected chi connectivity index (χ3v) is 14.7. The summed E-state index contributed by atoms with van der Waals surface area (Å²) in [4.78, 5) is 105. The Hall–Kier alpha value is -8.47. The van der Waals surface area contributed by atoms with Crippen molar-refractivity contribution in [3.63, 3.8) is 0 Å². The number of imide groups is 1. The third-order valence-electron chi connectivity index (χ3n) is 14.7. The Balaban J connectivity index is 0.734. The zero-order valence-electron chi connectivity index (χ0n) is 44.9. The molecule has 4 atom stereocenters. The van der Waals surface area contributed by atoms with Crippen molar-refractivity contribution >= 4 is 81.9 Å². The number of ether oxygens (including phenoxy) is 3. The van der Waals surface area contributed by atoms with E-state index in [2.05, 4.69) is 41.8 Å². The SMILES string of the molecule is COc1cc2c(cc1OCCCOc1cc3c(cc1C)C(=O)N1C=C(c4ccc(C)cc4)C[C@H]1C=N3)N=C[C@@H]1CC(c3ccc(NC(=O)[C@H](C)CC(=O)[C@@H](NC(=O)CCCCCN4C(=O)C=CC4=O)C(C)C)cc3)=CN1C2=O. The zero-order chi connectivity index (χ0) is 55.2. The minimum atomic E-state index is -0.754. The summed E-state index contributed by atoms with van der Waals surface area (Å²) in [5.41, 5.74) is 8.47. The minimum Gasteiger partial charge on any atom is -0.493 e. The monoisotopic (exact) mass is 1060 g/mol. The number of unbranched alkanes of at least 4 members (excludes halogenated alkanes) is 2. The fourth-order valence-corrected chi connectivity index (χ4v) is 10.1. The Morgan fingerprint density at radius 1 is 0.679 bits per heavy atom. The van der Waals surface area contributed by atoms with Gasteiger partial charge < -0.3 is 34.6 Å². The van der Waals surface area contributed by atoms with E-state index >= 15 is 0 Å². The predicted octanol–water partition coefficient (Wildman–Crippen LogP) is 9.26. The number of aliphatic imine (C=N–C) groups is 2. The molecule has 78 heavy (non-hydrogen) atoms. The molecule has 9 rings (SSSR count). The number of Topliss-reactive ketones (excluding diaryl/α,β-unsaturated/α-hetero) is 1. The van der Waals surface area contributed by atoms with Crippen LogP contribution in [0.2, 0.25) is 0 Å². The summed E-state index contributed by atoms with van der Waals surface area (Å²) in [6.45, 7) is 10.3. The second kappa shape index (κ2) is 23.8. The van der Waals surface area contributed by atoms with Crippen molar-refractivity contribution in [3.05, 3.63) is 131 Å². The highest BCUT2D eigenvalue weighted by Gasteiger charge is 2.36. The number of carbonyl (C=O) groups is 7. The normalized spacial score (nSPS) is 17.9. The van der Waals surface area contributed by atoms with Crippen molar-refractivity contribution in [2.24, 2.45) is 21.8 Å². The molecule has 4 aromatic rings. The molecule has 0 saturated heterocycles. The maximum absolute atomic E-state index is 14.1. The molecule has 17 heteroatoms. The molecule has 0 unspecified atom stereocenters. The fraction of sp³-hybridized carbons (Fsp3) is 0.361. The number of aryl methyl sites for hydroxylation is 2. The van der Waals surface area contributed by atoms with Gasteiger partial charge in [0, 0.05) is 99.4 Å². The van der Waals surface area contributed by atoms with Crippen molar-refractivity contribution in [2.75, 3.05) is 32.2 Å². The van der Waals surface area contributed by atoms with E-state index in [1.165, 1.54) is 29.7 Å². The average molecular weight is 1060 g/mol. The minimum absolute atomic E-state index is 0.0631. The van der Waals surface area contributed by atoms with E-state index in [4.69, 9.17) is 24.2 Å². The van der Waals surface area contributed by atoms with E-state index in [9.17, 15) is 33.6 Å². The highest BCUT2D eigenvalue weighted by molar-refractivity contribution is 6.13. The van der Waals surface area contributed by atoms with Crippen molar-refractivity contribution in [2.45, 2.75) is 104 Å². The molecule has 0 saturated carbocycles. The van der Waals surface area contributed by atoms with Gasteiger partial charge >= 0.3 is 0 Å². The topological polar surface area (TPSA) is 206 Å². The molecule has 0 fully saturated rings. The number of nitrogens with zero attached hydrogens (tertiary/aromatic N) is 5. The van der Waals surface area contributed by atoms with Gasteiger partial charge in [0.2, 0.25) is 11.8 Å². The number of nitrogens with one attached hydrogen (secondary N) is 2. The second-order valence-electron chi connectivity index (χ2n) is 20.8. The summed E-state index contributed by atoms with van der Waals surface area (Å²) in [6.07, 6.45) is 13.5. The van der Waals surface area contributed by atoms with Crippen LogP contribution in [0.25, 0.3) is 11.1 Å². The first-order valence-electron chi connectivity index (χ1n) is 26.7. The quantitative estimate of drug-likeness (QED) is 0.0564. The lowest BCUT2D eigenvalue weighted by molar-refractivity contribution is -0.137. The first-order valence-corrected chi connectivity index (χ1v) is 26.7. The highest BCUT2D eigenvalue weighted by atomic mass is 16.5. The van der Waals surface area contributed by atoms with Gasteiger partial charge in [0.15, 0.2) is 17.3 Å². The molecule has 404 valence electrons.